The molecule has 7 nitrogen and oxygen atoms in total. The molecule has 2 rings (SSSR count). The molecule has 1 aliphatic carbocycles. The van der Waals surface area contributed by atoms with Crippen LogP contribution >= 0.6 is 0 Å². The lowest BCUT2D eigenvalue weighted by Crippen LogP contribution is -2.15. The van der Waals surface area contributed by atoms with Gasteiger partial charge < -0.3 is 9.47 Å². The van der Waals surface area contributed by atoms with E-state index in [9.17, 15) is 19.7 Å². The quantitative estimate of drug-likeness (QED) is 0.462. The summed E-state index contributed by atoms with van der Waals surface area (Å²) < 4.78 is 9.79. The molecule has 0 fully saturated rings. The first kappa shape index (κ1) is 14.0. The summed E-state index contributed by atoms with van der Waals surface area (Å²) in [6, 6.07) is 3.03. The Balaban J connectivity index is 2.30. The number of benzene rings is 1. The SMILES string of the molecule is CCOC(=O)COc1ccc2c(c1[N+](=O)[O-])C(=O)CC2. The lowest BCUT2D eigenvalue weighted by atomic mass is 10.1. The zero-order valence-electron chi connectivity index (χ0n) is 10.9. The molecule has 1 aromatic rings. The van der Waals surface area contributed by atoms with E-state index in [0.29, 0.717) is 12.0 Å². The van der Waals surface area contributed by atoms with Crippen LogP contribution in [-0.4, -0.2) is 29.9 Å². The summed E-state index contributed by atoms with van der Waals surface area (Å²) in [6.45, 7) is 1.42. The fourth-order valence-electron chi connectivity index (χ4n) is 2.14. The van der Waals surface area contributed by atoms with Gasteiger partial charge in [-0.2, -0.15) is 0 Å². The topological polar surface area (TPSA) is 95.7 Å². The van der Waals surface area contributed by atoms with Crippen LogP contribution in [0.25, 0.3) is 0 Å². The Morgan fingerprint density at radius 3 is 2.80 bits per heavy atom. The third-order valence-electron chi connectivity index (χ3n) is 2.96. The van der Waals surface area contributed by atoms with Crippen molar-refractivity contribution in [3.8, 4) is 5.75 Å². The number of hydrogen-bond acceptors (Lipinski definition) is 6. The molecule has 106 valence electrons. The van der Waals surface area contributed by atoms with Crippen molar-refractivity contribution < 1.29 is 24.0 Å². The number of nitro benzene ring substituents is 1. The normalized spacial score (nSPS) is 12.9. The minimum atomic E-state index is -0.650. The van der Waals surface area contributed by atoms with Crippen molar-refractivity contribution in [1.29, 1.82) is 0 Å². The largest absolute Gasteiger partial charge is 0.475 e. The Bertz CT molecular complexity index is 580. The number of carbonyl (C=O) groups is 2. The molecule has 0 heterocycles. The number of ether oxygens (including phenoxy) is 2. The Kier molecular flexibility index (Phi) is 3.97. The van der Waals surface area contributed by atoms with Crippen molar-refractivity contribution in [2.24, 2.45) is 0 Å². The first-order valence-corrected chi connectivity index (χ1v) is 6.16. The van der Waals surface area contributed by atoms with E-state index in [0.717, 1.165) is 0 Å². The van der Waals surface area contributed by atoms with E-state index in [1.165, 1.54) is 6.07 Å². The summed E-state index contributed by atoms with van der Waals surface area (Å²) in [5, 5.41) is 11.2. The van der Waals surface area contributed by atoms with E-state index >= 15 is 0 Å². The van der Waals surface area contributed by atoms with Gasteiger partial charge >= 0.3 is 11.7 Å². The number of hydrogen-bond donors (Lipinski definition) is 0. The maximum atomic E-state index is 11.7. The second-order valence-electron chi connectivity index (χ2n) is 4.22. The van der Waals surface area contributed by atoms with Gasteiger partial charge in [0.1, 0.15) is 5.56 Å². The number of esters is 1. The molecular formula is C13H13NO6. The number of aryl methyl sites for hydroxylation is 1. The molecule has 0 unspecified atom stereocenters. The van der Waals surface area contributed by atoms with Crippen LogP contribution in [0.2, 0.25) is 0 Å². The number of fused-ring (bicyclic) bond motifs is 1. The molecule has 7 heteroatoms. The van der Waals surface area contributed by atoms with Crippen LogP contribution in [0, 0.1) is 10.1 Å². The molecular weight excluding hydrogens is 266 g/mol. The number of carbonyl (C=O) groups excluding carboxylic acids is 2. The number of rotatable bonds is 5. The summed E-state index contributed by atoms with van der Waals surface area (Å²) in [7, 11) is 0. The minimum Gasteiger partial charge on any atom is -0.475 e. The van der Waals surface area contributed by atoms with Crippen molar-refractivity contribution in [1.82, 2.24) is 0 Å². The monoisotopic (exact) mass is 279 g/mol. The lowest BCUT2D eigenvalue weighted by molar-refractivity contribution is -0.386. The Labute approximate surface area is 114 Å². The first-order chi connectivity index (χ1) is 9.54. The van der Waals surface area contributed by atoms with Gasteiger partial charge in [0.2, 0.25) is 0 Å². The van der Waals surface area contributed by atoms with Gasteiger partial charge in [-0.15, -0.1) is 0 Å². The molecule has 0 spiro atoms. The zero-order valence-corrected chi connectivity index (χ0v) is 10.9. The van der Waals surface area contributed by atoms with E-state index in [1.54, 1.807) is 13.0 Å². The summed E-state index contributed by atoms with van der Waals surface area (Å²) in [6.07, 6.45) is 0.755. The van der Waals surface area contributed by atoms with Crippen molar-refractivity contribution in [2.75, 3.05) is 13.2 Å². The number of Topliss-reactive ketones (excluding diaryl/α,β-unsaturated/α-hetero) is 1. The summed E-state index contributed by atoms with van der Waals surface area (Å²) >= 11 is 0. The van der Waals surface area contributed by atoms with Crippen LogP contribution in [0.15, 0.2) is 12.1 Å². The predicted molar refractivity (Wildman–Crippen MR) is 67.9 cm³/mol. The standard InChI is InChI=1S/C13H13NO6/c1-2-19-11(16)7-20-10-6-4-8-3-5-9(15)12(8)13(10)14(17)18/h4,6H,2-3,5,7H2,1H3. The van der Waals surface area contributed by atoms with Crippen LogP contribution in [-0.2, 0) is 16.0 Å². The summed E-state index contributed by atoms with van der Waals surface area (Å²) in [4.78, 5) is 33.4. The van der Waals surface area contributed by atoms with Gasteiger partial charge in [0.25, 0.3) is 0 Å². The smallest absolute Gasteiger partial charge is 0.344 e. The Morgan fingerprint density at radius 2 is 2.15 bits per heavy atom. The zero-order chi connectivity index (χ0) is 14.7. The van der Waals surface area contributed by atoms with E-state index in [2.05, 4.69) is 4.74 Å². The molecule has 0 amide bonds. The second-order valence-corrected chi connectivity index (χ2v) is 4.22. The molecule has 1 aromatic carbocycles. The molecule has 0 aliphatic heterocycles. The highest BCUT2D eigenvalue weighted by molar-refractivity contribution is 6.05. The van der Waals surface area contributed by atoms with E-state index in [4.69, 9.17) is 4.74 Å². The molecule has 0 N–H and O–H groups in total. The molecule has 0 aromatic heterocycles. The van der Waals surface area contributed by atoms with Crippen LogP contribution < -0.4 is 4.74 Å². The van der Waals surface area contributed by atoms with E-state index in [-0.39, 0.29) is 35.8 Å². The molecule has 0 saturated heterocycles. The van der Waals surface area contributed by atoms with Gasteiger partial charge in [0.05, 0.1) is 11.5 Å². The molecule has 0 saturated carbocycles. The van der Waals surface area contributed by atoms with Gasteiger partial charge in [-0.05, 0) is 25.0 Å². The number of nitrogens with zero attached hydrogens (tertiary/aromatic N) is 1. The highest BCUT2D eigenvalue weighted by Crippen LogP contribution is 2.37. The van der Waals surface area contributed by atoms with Crippen LogP contribution in [0.5, 0.6) is 5.75 Å². The van der Waals surface area contributed by atoms with Gasteiger partial charge in [-0.1, -0.05) is 6.07 Å². The van der Waals surface area contributed by atoms with Crippen molar-refractivity contribution in [2.45, 2.75) is 19.8 Å². The average Bonchev–Trinajstić information content (AvgIpc) is 2.78. The predicted octanol–water partition coefficient (Wildman–Crippen LogP) is 1.67. The number of nitro groups is 1. The van der Waals surface area contributed by atoms with Gasteiger partial charge in [-0.25, -0.2) is 4.79 Å². The summed E-state index contributed by atoms with van der Waals surface area (Å²) in [5.74, 6) is -0.973. The third kappa shape index (κ3) is 2.61. The average molecular weight is 279 g/mol. The van der Waals surface area contributed by atoms with Gasteiger partial charge in [0, 0.05) is 6.42 Å². The maximum absolute atomic E-state index is 11.7. The van der Waals surface area contributed by atoms with Crippen LogP contribution in [0.3, 0.4) is 0 Å². The van der Waals surface area contributed by atoms with Crippen LogP contribution in [0.1, 0.15) is 29.3 Å². The molecule has 0 radical (unpaired) electrons. The van der Waals surface area contributed by atoms with E-state index in [1.807, 2.05) is 0 Å². The summed E-state index contributed by atoms with van der Waals surface area (Å²) in [5.41, 5.74) is 0.371. The highest BCUT2D eigenvalue weighted by atomic mass is 16.6. The Morgan fingerprint density at radius 1 is 1.40 bits per heavy atom. The Hall–Kier alpha value is -2.44. The van der Waals surface area contributed by atoms with Crippen molar-refractivity contribution in [3.63, 3.8) is 0 Å². The fraction of sp³-hybridized carbons (Fsp3) is 0.385. The molecule has 0 atom stereocenters. The highest BCUT2D eigenvalue weighted by Gasteiger charge is 2.32. The molecule has 0 bridgehead atoms. The van der Waals surface area contributed by atoms with Crippen molar-refractivity contribution in [3.05, 3.63) is 33.4 Å². The van der Waals surface area contributed by atoms with Gasteiger partial charge in [-0.3, -0.25) is 14.9 Å². The van der Waals surface area contributed by atoms with E-state index < -0.39 is 17.5 Å². The maximum Gasteiger partial charge on any atom is 0.344 e. The number of ketones is 1. The molecule has 20 heavy (non-hydrogen) atoms. The minimum absolute atomic E-state index is 0.0861. The molecule has 1 aliphatic rings. The first-order valence-electron chi connectivity index (χ1n) is 6.16. The third-order valence-corrected chi connectivity index (χ3v) is 2.96. The van der Waals surface area contributed by atoms with Crippen molar-refractivity contribution >= 4 is 17.4 Å². The van der Waals surface area contributed by atoms with Gasteiger partial charge in [0.15, 0.2) is 18.1 Å². The fourth-order valence-corrected chi connectivity index (χ4v) is 2.14. The second kappa shape index (κ2) is 5.68. The van der Waals surface area contributed by atoms with Crippen LogP contribution in [0.4, 0.5) is 5.69 Å². The lowest BCUT2D eigenvalue weighted by Gasteiger charge is -2.08.